The van der Waals surface area contributed by atoms with Gasteiger partial charge in [-0.2, -0.15) is 0 Å². The first-order valence-corrected chi connectivity index (χ1v) is 5.11. The van der Waals surface area contributed by atoms with Crippen molar-refractivity contribution >= 4 is 5.91 Å². The predicted octanol–water partition coefficient (Wildman–Crippen LogP) is 1.82. The molecule has 0 spiro atoms. The van der Waals surface area contributed by atoms with Crippen LogP contribution in [0.5, 0.6) is 0 Å². The van der Waals surface area contributed by atoms with Crippen LogP contribution in [0.1, 0.15) is 25.7 Å². The molecule has 2 bridgehead atoms. The highest BCUT2D eigenvalue weighted by atomic mass is 16.2. The van der Waals surface area contributed by atoms with Crippen LogP contribution in [-0.2, 0) is 4.79 Å². The molecule has 0 saturated heterocycles. The minimum Gasteiger partial charge on any atom is -0.339 e. The van der Waals surface area contributed by atoms with E-state index in [0.29, 0.717) is 6.04 Å². The van der Waals surface area contributed by atoms with Crippen LogP contribution in [-0.4, -0.2) is 23.9 Å². The highest BCUT2D eigenvalue weighted by molar-refractivity contribution is 5.87. The summed E-state index contributed by atoms with van der Waals surface area (Å²) >= 11 is 0. The molecule has 0 N–H and O–H groups in total. The van der Waals surface area contributed by atoms with Gasteiger partial charge in [0.25, 0.3) is 0 Å². The van der Waals surface area contributed by atoms with E-state index in [1.165, 1.54) is 31.8 Å². The zero-order valence-electron chi connectivity index (χ0n) is 8.20. The minimum absolute atomic E-state index is 0.0811. The normalized spacial score (nSPS) is 36.2. The van der Waals surface area contributed by atoms with Crippen molar-refractivity contribution in [2.75, 3.05) is 7.05 Å². The molecule has 0 aromatic carbocycles. The van der Waals surface area contributed by atoms with E-state index in [2.05, 4.69) is 6.58 Å². The summed E-state index contributed by atoms with van der Waals surface area (Å²) in [5.74, 6) is 1.76. The van der Waals surface area contributed by atoms with E-state index < -0.39 is 0 Å². The molecule has 0 heterocycles. The lowest BCUT2D eigenvalue weighted by Gasteiger charge is -2.30. The molecule has 2 rings (SSSR count). The molecule has 2 aliphatic carbocycles. The first kappa shape index (κ1) is 8.79. The number of nitrogens with zero attached hydrogens (tertiary/aromatic N) is 1. The molecule has 1 amide bonds. The Labute approximate surface area is 79.6 Å². The number of hydrogen-bond acceptors (Lipinski definition) is 1. The van der Waals surface area contributed by atoms with Gasteiger partial charge in [-0.3, -0.25) is 4.79 Å². The monoisotopic (exact) mass is 179 g/mol. The van der Waals surface area contributed by atoms with Crippen molar-refractivity contribution in [2.24, 2.45) is 11.8 Å². The molecule has 2 saturated carbocycles. The molecule has 2 heteroatoms. The summed E-state index contributed by atoms with van der Waals surface area (Å²) in [7, 11) is 1.91. The molecule has 0 aromatic heterocycles. The van der Waals surface area contributed by atoms with E-state index in [-0.39, 0.29) is 5.91 Å². The van der Waals surface area contributed by atoms with Crippen LogP contribution in [0.2, 0.25) is 0 Å². The first-order valence-electron chi connectivity index (χ1n) is 5.11. The highest BCUT2D eigenvalue weighted by Crippen LogP contribution is 2.46. The molecule has 2 aliphatic rings. The molecule has 2 nitrogen and oxygen atoms in total. The fraction of sp³-hybridized carbons (Fsp3) is 0.727. The molecular weight excluding hydrogens is 162 g/mol. The van der Waals surface area contributed by atoms with E-state index >= 15 is 0 Å². The summed E-state index contributed by atoms with van der Waals surface area (Å²) in [6, 6.07) is 0.504. The second kappa shape index (κ2) is 3.17. The second-order valence-corrected chi connectivity index (χ2v) is 4.40. The molecule has 13 heavy (non-hydrogen) atoms. The number of carbonyl (C=O) groups is 1. The lowest BCUT2D eigenvalue weighted by Crippen LogP contribution is -2.39. The lowest BCUT2D eigenvalue weighted by atomic mass is 9.94. The number of hydrogen-bond donors (Lipinski definition) is 0. The summed E-state index contributed by atoms with van der Waals surface area (Å²) < 4.78 is 0. The van der Waals surface area contributed by atoms with Crippen molar-refractivity contribution in [1.82, 2.24) is 4.90 Å². The molecule has 0 radical (unpaired) electrons. The highest BCUT2D eigenvalue weighted by Gasteiger charge is 2.42. The van der Waals surface area contributed by atoms with Crippen LogP contribution in [0.3, 0.4) is 0 Å². The molecule has 72 valence electrons. The van der Waals surface area contributed by atoms with E-state index in [1.807, 2.05) is 11.9 Å². The maximum atomic E-state index is 11.4. The summed E-state index contributed by atoms with van der Waals surface area (Å²) in [4.78, 5) is 13.3. The average Bonchev–Trinajstić information content (AvgIpc) is 2.76. The first-order chi connectivity index (χ1) is 6.22. The van der Waals surface area contributed by atoms with Crippen LogP contribution in [0.25, 0.3) is 0 Å². The summed E-state index contributed by atoms with van der Waals surface area (Å²) in [5.41, 5.74) is 0. The fourth-order valence-electron chi connectivity index (χ4n) is 2.99. The Kier molecular flexibility index (Phi) is 2.14. The standard InChI is InChI=1S/C11H17NO/c1-3-11(13)12(2)10-7-8-4-5-9(10)6-8/h3,8-10H,1,4-7H2,2H3/t8?,9-,10?/m1/s1. The van der Waals surface area contributed by atoms with Gasteiger partial charge in [0.15, 0.2) is 0 Å². The second-order valence-electron chi connectivity index (χ2n) is 4.40. The number of likely N-dealkylation sites (N-methyl/N-ethyl adjacent to an activating group) is 1. The number of fused-ring (bicyclic) bond motifs is 2. The molecule has 3 atom stereocenters. The summed E-state index contributed by atoms with van der Waals surface area (Å²) in [6.07, 6.45) is 6.70. The number of rotatable bonds is 2. The quantitative estimate of drug-likeness (QED) is 0.592. The van der Waals surface area contributed by atoms with Gasteiger partial charge in [0, 0.05) is 13.1 Å². The van der Waals surface area contributed by atoms with Crippen LogP contribution in [0.15, 0.2) is 12.7 Å². The zero-order valence-corrected chi connectivity index (χ0v) is 8.20. The van der Waals surface area contributed by atoms with Gasteiger partial charge in [0.05, 0.1) is 0 Å². The van der Waals surface area contributed by atoms with Gasteiger partial charge < -0.3 is 4.90 Å². The molecular formula is C11H17NO. The van der Waals surface area contributed by atoms with Crippen molar-refractivity contribution in [3.63, 3.8) is 0 Å². The Morgan fingerprint density at radius 2 is 2.23 bits per heavy atom. The van der Waals surface area contributed by atoms with Gasteiger partial charge in [0.1, 0.15) is 0 Å². The van der Waals surface area contributed by atoms with E-state index in [4.69, 9.17) is 0 Å². The lowest BCUT2D eigenvalue weighted by molar-refractivity contribution is -0.127. The Hall–Kier alpha value is -0.790. The van der Waals surface area contributed by atoms with E-state index in [0.717, 1.165) is 11.8 Å². The van der Waals surface area contributed by atoms with Crippen LogP contribution in [0, 0.1) is 11.8 Å². The number of carbonyl (C=O) groups excluding carboxylic acids is 1. The fourth-order valence-corrected chi connectivity index (χ4v) is 2.99. The summed E-state index contributed by atoms with van der Waals surface area (Å²) in [5, 5.41) is 0. The van der Waals surface area contributed by atoms with Gasteiger partial charge in [-0.05, 0) is 37.2 Å². The van der Waals surface area contributed by atoms with Gasteiger partial charge in [-0.1, -0.05) is 13.0 Å². The minimum atomic E-state index is 0.0811. The Morgan fingerprint density at radius 3 is 2.69 bits per heavy atom. The predicted molar refractivity (Wildman–Crippen MR) is 52.2 cm³/mol. The third-order valence-corrected chi connectivity index (χ3v) is 3.72. The van der Waals surface area contributed by atoms with E-state index in [9.17, 15) is 4.79 Å². The molecule has 0 aliphatic heterocycles. The molecule has 2 unspecified atom stereocenters. The maximum Gasteiger partial charge on any atom is 0.245 e. The molecule has 2 fully saturated rings. The van der Waals surface area contributed by atoms with Crippen molar-refractivity contribution < 1.29 is 4.79 Å². The Bertz CT molecular complexity index is 236. The van der Waals surface area contributed by atoms with Crippen molar-refractivity contribution in [3.8, 4) is 0 Å². The van der Waals surface area contributed by atoms with Crippen molar-refractivity contribution in [1.29, 1.82) is 0 Å². The third kappa shape index (κ3) is 1.38. The van der Waals surface area contributed by atoms with E-state index in [1.54, 1.807) is 0 Å². The van der Waals surface area contributed by atoms with Gasteiger partial charge >= 0.3 is 0 Å². The topological polar surface area (TPSA) is 20.3 Å². The van der Waals surface area contributed by atoms with Crippen LogP contribution < -0.4 is 0 Å². The van der Waals surface area contributed by atoms with Crippen molar-refractivity contribution in [2.45, 2.75) is 31.7 Å². The van der Waals surface area contributed by atoms with Crippen LogP contribution >= 0.6 is 0 Å². The molecule has 0 aromatic rings. The van der Waals surface area contributed by atoms with Crippen LogP contribution in [0.4, 0.5) is 0 Å². The Balaban J connectivity index is 2.02. The van der Waals surface area contributed by atoms with Gasteiger partial charge in [0.2, 0.25) is 5.91 Å². The Morgan fingerprint density at radius 1 is 1.46 bits per heavy atom. The van der Waals surface area contributed by atoms with Gasteiger partial charge in [-0.25, -0.2) is 0 Å². The summed E-state index contributed by atoms with van der Waals surface area (Å²) in [6.45, 7) is 3.52. The SMILES string of the molecule is C=CC(=O)N(C)C1CC2CC[C@@H]1C2. The smallest absolute Gasteiger partial charge is 0.245 e. The maximum absolute atomic E-state index is 11.4. The zero-order chi connectivity index (χ0) is 9.42. The van der Waals surface area contributed by atoms with Gasteiger partial charge in [-0.15, -0.1) is 0 Å². The number of amides is 1. The largest absolute Gasteiger partial charge is 0.339 e. The van der Waals surface area contributed by atoms with Crippen molar-refractivity contribution in [3.05, 3.63) is 12.7 Å². The third-order valence-electron chi connectivity index (χ3n) is 3.72. The average molecular weight is 179 g/mol.